The molecule has 0 spiro atoms. The van der Waals surface area contributed by atoms with E-state index in [0.717, 1.165) is 0 Å². The van der Waals surface area contributed by atoms with E-state index in [4.69, 9.17) is 0 Å². The molecule has 0 aliphatic heterocycles. The van der Waals surface area contributed by atoms with Gasteiger partial charge in [0.25, 0.3) is 11.8 Å². The summed E-state index contributed by atoms with van der Waals surface area (Å²) in [6.07, 6.45) is 0.882. The molecule has 6 nitrogen and oxygen atoms in total. The first-order valence-electron chi connectivity index (χ1n) is 8.76. The Bertz CT molecular complexity index is 602. The molecule has 0 heterocycles. The van der Waals surface area contributed by atoms with E-state index >= 15 is 0 Å². The Kier molecular flexibility index (Phi) is 7.61. The first kappa shape index (κ1) is 20.7. The maximum atomic E-state index is 12.3. The molecule has 138 valence electrons. The summed E-state index contributed by atoms with van der Waals surface area (Å²) < 4.78 is 0. The van der Waals surface area contributed by atoms with Gasteiger partial charge >= 0.3 is 5.97 Å². The third-order valence-electron chi connectivity index (χ3n) is 4.84. The lowest BCUT2D eigenvalue weighted by Crippen LogP contribution is -2.42. The fourth-order valence-electron chi connectivity index (χ4n) is 2.69. The number of carbonyl (C=O) groups excluding carboxylic acids is 2. The third-order valence-corrected chi connectivity index (χ3v) is 4.84. The van der Waals surface area contributed by atoms with Gasteiger partial charge < -0.3 is 15.3 Å². The van der Waals surface area contributed by atoms with E-state index in [9.17, 15) is 19.5 Å². The molecule has 0 saturated heterocycles. The number of carbonyl (C=O) groups is 3. The summed E-state index contributed by atoms with van der Waals surface area (Å²) in [6, 6.07) is 6.43. The molecule has 1 rings (SSSR count). The Morgan fingerprint density at radius 1 is 0.960 bits per heavy atom. The Balaban J connectivity index is 2.81. The van der Waals surface area contributed by atoms with Gasteiger partial charge in [-0.25, -0.2) is 0 Å². The van der Waals surface area contributed by atoms with Crippen molar-refractivity contribution in [3.05, 3.63) is 35.4 Å². The number of carboxylic acids is 1. The normalized spacial score (nSPS) is 11.0. The lowest BCUT2D eigenvalue weighted by Gasteiger charge is -2.26. The largest absolute Gasteiger partial charge is 0.481 e. The minimum atomic E-state index is -0.950. The Labute approximate surface area is 149 Å². The molecule has 25 heavy (non-hydrogen) atoms. The van der Waals surface area contributed by atoms with Gasteiger partial charge in [-0.2, -0.15) is 0 Å². The number of nitrogens with one attached hydrogen (secondary N) is 1. The number of amides is 2. The number of nitrogens with zero attached hydrogens (tertiary/aromatic N) is 1. The van der Waals surface area contributed by atoms with Gasteiger partial charge in [0.15, 0.2) is 0 Å². The van der Waals surface area contributed by atoms with Gasteiger partial charge in [0.05, 0.1) is 5.41 Å². The van der Waals surface area contributed by atoms with E-state index < -0.39 is 11.4 Å². The van der Waals surface area contributed by atoms with Crippen LogP contribution in [0.4, 0.5) is 0 Å². The third kappa shape index (κ3) is 4.81. The van der Waals surface area contributed by atoms with Crippen LogP contribution in [-0.2, 0) is 4.79 Å². The summed E-state index contributed by atoms with van der Waals surface area (Å²) in [7, 11) is 0. The maximum Gasteiger partial charge on any atom is 0.311 e. The number of hydrogen-bond acceptors (Lipinski definition) is 3. The number of benzene rings is 1. The van der Waals surface area contributed by atoms with Crippen LogP contribution < -0.4 is 5.32 Å². The highest BCUT2D eigenvalue weighted by atomic mass is 16.4. The molecule has 0 saturated carbocycles. The smallest absolute Gasteiger partial charge is 0.311 e. The summed E-state index contributed by atoms with van der Waals surface area (Å²) in [4.78, 5) is 37.7. The van der Waals surface area contributed by atoms with Crippen molar-refractivity contribution >= 4 is 17.8 Å². The predicted molar refractivity (Wildman–Crippen MR) is 96.7 cm³/mol. The van der Waals surface area contributed by atoms with Crippen LogP contribution in [0.1, 0.15) is 61.3 Å². The van der Waals surface area contributed by atoms with Gasteiger partial charge in [-0.1, -0.05) is 13.8 Å². The molecule has 0 bridgehead atoms. The lowest BCUT2D eigenvalue weighted by atomic mass is 9.82. The SMILES string of the molecule is CCN(CC)C(=O)c1ccc(C(=O)NCC(CC)(CC)C(=O)O)cc1. The molecule has 6 heteroatoms. The Hall–Kier alpha value is -2.37. The Morgan fingerprint density at radius 2 is 1.44 bits per heavy atom. The Morgan fingerprint density at radius 3 is 1.84 bits per heavy atom. The van der Waals surface area contributed by atoms with E-state index in [1.54, 1.807) is 43.0 Å². The van der Waals surface area contributed by atoms with Crippen LogP contribution in [0, 0.1) is 5.41 Å². The lowest BCUT2D eigenvalue weighted by molar-refractivity contribution is -0.149. The van der Waals surface area contributed by atoms with Gasteiger partial charge in [-0.05, 0) is 51.0 Å². The number of carboxylic acid groups (broad SMARTS) is 1. The zero-order chi connectivity index (χ0) is 19.0. The minimum Gasteiger partial charge on any atom is -0.481 e. The molecule has 1 aromatic rings. The van der Waals surface area contributed by atoms with Crippen molar-refractivity contribution in [3.8, 4) is 0 Å². The van der Waals surface area contributed by atoms with Crippen molar-refractivity contribution in [2.45, 2.75) is 40.5 Å². The van der Waals surface area contributed by atoms with Gasteiger partial charge in [-0.3, -0.25) is 14.4 Å². The molecule has 0 radical (unpaired) electrons. The first-order chi connectivity index (χ1) is 11.8. The molecule has 1 aromatic carbocycles. The monoisotopic (exact) mass is 348 g/mol. The highest BCUT2D eigenvalue weighted by Gasteiger charge is 2.35. The zero-order valence-corrected chi connectivity index (χ0v) is 15.5. The van der Waals surface area contributed by atoms with Gasteiger partial charge in [0, 0.05) is 30.8 Å². The second-order valence-corrected chi connectivity index (χ2v) is 6.03. The van der Waals surface area contributed by atoms with E-state index in [0.29, 0.717) is 37.1 Å². The molecule has 0 aromatic heterocycles. The fraction of sp³-hybridized carbons (Fsp3) is 0.526. The molecule has 0 aliphatic rings. The van der Waals surface area contributed by atoms with Crippen LogP contribution in [0.3, 0.4) is 0 Å². The molecule has 0 fully saturated rings. The highest BCUT2D eigenvalue weighted by molar-refractivity contribution is 5.98. The highest BCUT2D eigenvalue weighted by Crippen LogP contribution is 2.25. The predicted octanol–water partition coefficient (Wildman–Crippen LogP) is 2.79. The van der Waals surface area contributed by atoms with Crippen LogP contribution in [0.5, 0.6) is 0 Å². The van der Waals surface area contributed by atoms with Crippen molar-refractivity contribution in [2.24, 2.45) is 5.41 Å². The molecule has 0 aliphatic carbocycles. The molecule has 2 amide bonds. The first-order valence-corrected chi connectivity index (χ1v) is 8.76. The summed E-state index contributed by atoms with van der Waals surface area (Å²) >= 11 is 0. The summed E-state index contributed by atoms with van der Waals surface area (Å²) in [5.74, 6) is -1.31. The van der Waals surface area contributed by atoms with Crippen molar-refractivity contribution < 1.29 is 19.5 Å². The van der Waals surface area contributed by atoms with E-state index in [1.165, 1.54) is 0 Å². The number of rotatable bonds is 9. The number of aliphatic carboxylic acids is 1. The van der Waals surface area contributed by atoms with Crippen LogP contribution in [-0.4, -0.2) is 47.4 Å². The molecule has 0 unspecified atom stereocenters. The van der Waals surface area contributed by atoms with Crippen LogP contribution in [0.25, 0.3) is 0 Å². The van der Waals surface area contributed by atoms with Gasteiger partial charge in [0.2, 0.25) is 0 Å². The van der Waals surface area contributed by atoms with Crippen molar-refractivity contribution in [2.75, 3.05) is 19.6 Å². The van der Waals surface area contributed by atoms with E-state index in [1.807, 2.05) is 13.8 Å². The minimum absolute atomic E-state index is 0.0705. The molecule has 0 atom stereocenters. The van der Waals surface area contributed by atoms with Crippen molar-refractivity contribution in [3.63, 3.8) is 0 Å². The van der Waals surface area contributed by atoms with E-state index in [2.05, 4.69) is 5.32 Å². The maximum absolute atomic E-state index is 12.3. The summed E-state index contributed by atoms with van der Waals surface area (Å²) in [5.41, 5.74) is -0.0150. The molecule has 2 N–H and O–H groups in total. The average Bonchev–Trinajstić information content (AvgIpc) is 2.63. The standard InChI is InChI=1S/C19H28N2O4/c1-5-19(6-2,18(24)25)13-20-16(22)14-9-11-15(12-10-14)17(23)21(7-3)8-4/h9-12H,5-8,13H2,1-4H3,(H,20,22)(H,24,25). The summed E-state index contributed by atoms with van der Waals surface area (Å²) in [6.45, 7) is 8.77. The quantitative estimate of drug-likeness (QED) is 0.718. The fourth-order valence-corrected chi connectivity index (χ4v) is 2.69. The van der Waals surface area contributed by atoms with Crippen LogP contribution in [0.15, 0.2) is 24.3 Å². The van der Waals surface area contributed by atoms with Crippen molar-refractivity contribution in [1.82, 2.24) is 10.2 Å². The van der Waals surface area contributed by atoms with Crippen molar-refractivity contribution in [1.29, 1.82) is 0 Å². The average molecular weight is 348 g/mol. The molecular formula is C19H28N2O4. The van der Waals surface area contributed by atoms with Crippen LogP contribution >= 0.6 is 0 Å². The topological polar surface area (TPSA) is 86.7 Å². The van der Waals surface area contributed by atoms with Gasteiger partial charge in [0.1, 0.15) is 0 Å². The number of hydrogen-bond donors (Lipinski definition) is 2. The molecular weight excluding hydrogens is 320 g/mol. The summed E-state index contributed by atoms with van der Waals surface area (Å²) in [5, 5.41) is 12.1. The zero-order valence-electron chi connectivity index (χ0n) is 15.5. The van der Waals surface area contributed by atoms with E-state index in [-0.39, 0.29) is 18.4 Å². The second-order valence-electron chi connectivity index (χ2n) is 6.03. The van der Waals surface area contributed by atoms with Crippen LogP contribution in [0.2, 0.25) is 0 Å². The second kappa shape index (κ2) is 9.20. The van der Waals surface area contributed by atoms with Gasteiger partial charge in [-0.15, -0.1) is 0 Å².